The van der Waals surface area contributed by atoms with Gasteiger partial charge in [0.05, 0.1) is 12.6 Å². The molecule has 11 N–H and O–H groups in total. The van der Waals surface area contributed by atoms with Gasteiger partial charge in [-0.3, -0.25) is 19.4 Å². The van der Waals surface area contributed by atoms with Gasteiger partial charge in [0.1, 0.15) is 18.1 Å². The van der Waals surface area contributed by atoms with Crippen LogP contribution < -0.4 is 33.2 Å². The molecule has 0 aromatic rings. The first kappa shape index (κ1) is 30.1. The van der Waals surface area contributed by atoms with Gasteiger partial charge in [0.15, 0.2) is 5.96 Å². The minimum Gasteiger partial charge on any atom is -0.480 e. The number of guanidine groups is 1. The Bertz CT molecular complexity index is 696. The van der Waals surface area contributed by atoms with E-state index >= 15 is 0 Å². The highest BCUT2D eigenvalue weighted by Crippen LogP contribution is 2.08. The predicted molar refractivity (Wildman–Crippen MR) is 123 cm³/mol. The van der Waals surface area contributed by atoms with E-state index < -0.39 is 60.4 Å². The molecule has 0 bridgehead atoms. The molecule has 0 rings (SSSR count). The Morgan fingerprint density at radius 3 is 1.94 bits per heavy atom. The molecule has 0 saturated heterocycles. The molecule has 5 unspecified atom stereocenters. The number of carboxylic acids is 1. The van der Waals surface area contributed by atoms with E-state index in [0.29, 0.717) is 12.8 Å². The van der Waals surface area contributed by atoms with Crippen molar-refractivity contribution in [2.75, 3.05) is 13.2 Å². The molecular formula is C20H39N7O6. The minimum absolute atomic E-state index is 0.117. The van der Waals surface area contributed by atoms with E-state index in [4.69, 9.17) is 17.2 Å². The van der Waals surface area contributed by atoms with E-state index in [2.05, 4.69) is 20.9 Å². The number of hydrogen-bond acceptors (Lipinski definition) is 7. The van der Waals surface area contributed by atoms with Gasteiger partial charge >= 0.3 is 5.97 Å². The third kappa shape index (κ3) is 11.0. The van der Waals surface area contributed by atoms with Crippen LogP contribution >= 0.6 is 0 Å². The van der Waals surface area contributed by atoms with Gasteiger partial charge in [0, 0.05) is 6.54 Å². The molecule has 190 valence electrons. The van der Waals surface area contributed by atoms with E-state index in [-0.39, 0.29) is 24.8 Å². The Morgan fingerprint density at radius 2 is 1.48 bits per heavy atom. The van der Waals surface area contributed by atoms with Gasteiger partial charge in [-0.2, -0.15) is 0 Å². The normalized spacial score (nSPS) is 15.5. The maximum Gasteiger partial charge on any atom is 0.326 e. The van der Waals surface area contributed by atoms with E-state index in [1.165, 1.54) is 0 Å². The predicted octanol–water partition coefficient (Wildman–Crippen LogP) is -2.40. The van der Waals surface area contributed by atoms with Crippen LogP contribution in [0.2, 0.25) is 0 Å². The van der Waals surface area contributed by atoms with Gasteiger partial charge in [-0.25, -0.2) is 4.79 Å². The Labute approximate surface area is 193 Å². The molecule has 0 fully saturated rings. The molecule has 13 nitrogen and oxygen atoms in total. The summed E-state index contributed by atoms with van der Waals surface area (Å²) in [7, 11) is 0. The second-order valence-corrected chi connectivity index (χ2v) is 8.23. The third-order valence-electron chi connectivity index (χ3n) is 5.18. The van der Waals surface area contributed by atoms with Crippen molar-refractivity contribution in [3.63, 3.8) is 0 Å². The van der Waals surface area contributed by atoms with Crippen molar-refractivity contribution in [2.24, 2.45) is 34.0 Å². The lowest BCUT2D eigenvalue weighted by molar-refractivity contribution is -0.143. The molecule has 0 aromatic carbocycles. The van der Waals surface area contributed by atoms with Crippen LogP contribution in [0.1, 0.15) is 47.0 Å². The van der Waals surface area contributed by atoms with Crippen molar-refractivity contribution in [1.29, 1.82) is 0 Å². The summed E-state index contributed by atoms with van der Waals surface area (Å²) in [6.45, 7) is 6.32. The number of amides is 3. The van der Waals surface area contributed by atoms with E-state index in [1.807, 2.05) is 6.92 Å². The van der Waals surface area contributed by atoms with Crippen LogP contribution in [0.5, 0.6) is 0 Å². The van der Waals surface area contributed by atoms with Crippen molar-refractivity contribution >= 4 is 29.7 Å². The van der Waals surface area contributed by atoms with Gasteiger partial charge < -0.3 is 43.4 Å². The summed E-state index contributed by atoms with van der Waals surface area (Å²) in [5.41, 5.74) is 16.5. The first-order valence-electron chi connectivity index (χ1n) is 10.9. The summed E-state index contributed by atoms with van der Waals surface area (Å²) in [5.74, 6) is -4.06. The number of aliphatic hydroxyl groups excluding tert-OH is 1. The molecule has 0 aliphatic heterocycles. The maximum absolute atomic E-state index is 12.8. The Kier molecular flexibility index (Phi) is 13.7. The molecule has 0 aromatic heterocycles. The highest BCUT2D eigenvalue weighted by Gasteiger charge is 2.31. The van der Waals surface area contributed by atoms with Crippen LogP contribution in [0.15, 0.2) is 4.99 Å². The number of hydrogen-bond donors (Lipinski definition) is 8. The summed E-state index contributed by atoms with van der Waals surface area (Å²) in [4.78, 5) is 52.9. The average molecular weight is 474 g/mol. The fourth-order valence-electron chi connectivity index (χ4n) is 2.79. The number of nitrogens with zero attached hydrogens (tertiary/aromatic N) is 1. The molecule has 0 aliphatic rings. The Balaban J connectivity index is 5.39. The van der Waals surface area contributed by atoms with Crippen molar-refractivity contribution in [2.45, 2.75) is 71.1 Å². The average Bonchev–Trinajstić information content (AvgIpc) is 2.75. The fourth-order valence-corrected chi connectivity index (χ4v) is 2.79. The zero-order valence-corrected chi connectivity index (χ0v) is 19.7. The second-order valence-electron chi connectivity index (χ2n) is 8.23. The monoisotopic (exact) mass is 473 g/mol. The number of aliphatic hydroxyl groups is 1. The first-order chi connectivity index (χ1) is 15.3. The van der Waals surface area contributed by atoms with Gasteiger partial charge in [-0.05, 0) is 24.7 Å². The third-order valence-corrected chi connectivity index (χ3v) is 5.18. The first-order valence-corrected chi connectivity index (χ1v) is 10.9. The smallest absolute Gasteiger partial charge is 0.326 e. The SMILES string of the molecule is CCC(C)C(N)C(=O)NC(CCCN=C(N)N)C(=O)NC(CO)C(=O)NC(C(=O)O)C(C)C. The van der Waals surface area contributed by atoms with Crippen molar-refractivity contribution in [3.8, 4) is 0 Å². The van der Waals surface area contributed by atoms with Crippen LogP contribution in [0.3, 0.4) is 0 Å². The van der Waals surface area contributed by atoms with E-state index in [0.717, 1.165) is 0 Å². The number of rotatable bonds is 15. The van der Waals surface area contributed by atoms with Crippen molar-refractivity contribution in [3.05, 3.63) is 0 Å². The fraction of sp³-hybridized carbons (Fsp3) is 0.750. The minimum atomic E-state index is -1.42. The molecule has 0 heterocycles. The number of nitrogens with two attached hydrogens (primary N) is 3. The zero-order valence-electron chi connectivity index (χ0n) is 19.7. The van der Waals surface area contributed by atoms with Gasteiger partial charge in [-0.15, -0.1) is 0 Å². The van der Waals surface area contributed by atoms with Crippen LogP contribution in [0, 0.1) is 11.8 Å². The topological polar surface area (TPSA) is 235 Å². The number of aliphatic carboxylic acids is 1. The van der Waals surface area contributed by atoms with Crippen molar-refractivity contribution < 1.29 is 29.4 Å². The molecular weight excluding hydrogens is 434 g/mol. The van der Waals surface area contributed by atoms with E-state index in [1.54, 1.807) is 20.8 Å². The Morgan fingerprint density at radius 1 is 0.939 bits per heavy atom. The second kappa shape index (κ2) is 15.0. The molecule has 0 aliphatic carbocycles. The highest BCUT2D eigenvalue weighted by molar-refractivity contribution is 5.94. The van der Waals surface area contributed by atoms with Crippen LogP contribution in [0.25, 0.3) is 0 Å². The standard InChI is InChI=1S/C20H39N7O6/c1-5-11(4)14(21)18(31)25-12(7-6-8-24-20(22)23)16(29)26-13(9-28)17(30)27-15(10(2)3)19(32)33/h10-15,28H,5-9,21H2,1-4H3,(H,25,31)(H,26,29)(H,27,30)(H,32,33)(H4,22,23,24). The number of carbonyl (C=O) groups excluding carboxylic acids is 3. The van der Waals surface area contributed by atoms with Crippen LogP contribution in [0.4, 0.5) is 0 Å². The van der Waals surface area contributed by atoms with Crippen LogP contribution in [-0.2, 0) is 19.2 Å². The van der Waals surface area contributed by atoms with Gasteiger partial charge in [0.2, 0.25) is 17.7 Å². The molecule has 5 atom stereocenters. The highest BCUT2D eigenvalue weighted by atomic mass is 16.4. The van der Waals surface area contributed by atoms with E-state index in [9.17, 15) is 29.4 Å². The van der Waals surface area contributed by atoms with Crippen LogP contribution in [-0.4, -0.2) is 77.2 Å². The summed E-state index contributed by atoms with van der Waals surface area (Å²) in [6.07, 6.45) is 1.12. The molecule has 33 heavy (non-hydrogen) atoms. The number of aliphatic imine (C=N–C) groups is 1. The lowest BCUT2D eigenvalue weighted by Crippen LogP contribution is -2.59. The summed E-state index contributed by atoms with van der Waals surface area (Å²) in [5, 5.41) is 26.0. The maximum atomic E-state index is 12.8. The summed E-state index contributed by atoms with van der Waals surface area (Å²) >= 11 is 0. The number of carboxylic acid groups (broad SMARTS) is 1. The van der Waals surface area contributed by atoms with Gasteiger partial charge in [-0.1, -0.05) is 34.1 Å². The number of carbonyl (C=O) groups is 4. The molecule has 0 saturated carbocycles. The zero-order chi connectivity index (χ0) is 25.7. The molecule has 3 amide bonds. The largest absolute Gasteiger partial charge is 0.480 e. The lowest BCUT2D eigenvalue weighted by Gasteiger charge is -2.26. The molecule has 0 radical (unpaired) electrons. The molecule has 0 spiro atoms. The summed E-state index contributed by atoms with van der Waals surface area (Å²) in [6, 6.07) is -4.54. The Hall–Kier alpha value is -2.93. The van der Waals surface area contributed by atoms with Crippen molar-refractivity contribution in [1.82, 2.24) is 16.0 Å². The lowest BCUT2D eigenvalue weighted by atomic mass is 9.98. The summed E-state index contributed by atoms with van der Waals surface area (Å²) < 4.78 is 0. The van der Waals surface area contributed by atoms with Gasteiger partial charge in [0.25, 0.3) is 0 Å². The quantitative estimate of drug-likeness (QED) is 0.0717. The molecule has 13 heteroatoms. The number of nitrogens with one attached hydrogen (secondary N) is 3.